The summed E-state index contributed by atoms with van der Waals surface area (Å²) in [5, 5.41) is 17.5. The van der Waals surface area contributed by atoms with Crippen LogP contribution in [0.5, 0.6) is 0 Å². The van der Waals surface area contributed by atoms with E-state index in [9.17, 15) is 0 Å². The monoisotopic (exact) mass is 198 g/mol. The van der Waals surface area contributed by atoms with E-state index in [1.54, 1.807) is 6.07 Å². The van der Waals surface area contributed by atoms with E-state index in [-0.39, 0.29) is 0 Å². The predicted molar refractivity (Wildman–Crippen MR) is 59.0 cm³/mol. The van der Waals surface area contributed by atoms with E-state index >= 15 is 0 Å². The zero-order valence-corrected chi connectivity index (χ0v) is 9.12. The van der Waals surface area contributed by atoms with Crippen molar-refractivity contribution in [2.45, 2.75) is 26.7 Å². The van der Waals surface area contributed by atoms with Crippen molar-refractivity contribution in [2.75, 3.05) is 0 Å². The maximum absolute atomic E-state index is 8.80. The Balaban J connectivity index is 3.07. The van der Waals surface area contributed by atoms with Crippen LogP contribution in [0.25, 0.3) is 0 Å². The second kappa shape index (κ2) is 5.17. The van der Waals surface area contributed by atoms with Crippen molar-refractivity contribution in [2.24, 2.45) is 5.92 Å². The van der Waals surface area contributed by atoms with E-state index in [2.05, 4.69) is 26.0 Å². The molecule has 0 N–H and O–H groups in total. The van der Waals surface area contributed by atoms with Crippen LogP contribution in [0, 0.1) is 28.6 Å². The van der Waals surface area contributed by atoms with Crippen LogP contribution in [0.2, 0.25) is 0 Å². The molecule has 1 aromatic carbocycles. The summed E-state index contributed by atoms with van der Waals surface area (Å²) >= 11 is 0. The van der Waals surface area contributed by atoms with Gasteiger partial charge in [-0.25, -0.2) is 0 Å². The zero-order chi connectivity index (χ0) is 11.3. The van der Waals surface area contributed by atoms with E-state index in [4.69, 9.17) is 10.5 Å². The van der Waals surface area contributed by atoms with E-state index in [0.717, 1.165) is 17.5 Å². The highest BCUT2D eigenvalue weighted by atomic mass is 14.2. The molecule has 2 heteroatoms. The van der Waals surface area contributed by atoms with Crippen LogP contribution in [0.1, 0.15) is 30.5 Å². The van der Waals surface area contributed by atoms with Gasteiger partial charge in [-0.1, -0.05) is 19.9 Å². The quantitative estimate of drug-likeness (QED) is 0.749. The summed E-state index contributed by atoms with van der Waals surface area (Å²) in [4.78, 5) is 0. The lowest BCUT2D eigenvalue weighted by molar-refractivity contribution is 0.644. The molecule has 0 aromatic heterocycles. The van der Waals surface area contributed by atoms with E-state index in [1.807, 2.05) is 12.1 Å². The van der Waals surface area contributed by atoms with Crippen LogP contribution < -0.4 is 0 Å². The Kier molecular flexibility index (Phi) is 3.89. The third kappa shape index (κ3) is 3.11. The average Bonchev–Trinajstić information content (AvgIpc) is 2.20. The predicted octanol–water partition coefficient (Wildman–Crippen LogP) is 2.82. The van der Waals surface area contributed by atoms with E-state index < -0.39 is 0 Å². The van der Waals surface area contributed by atoms with Crippen LogP contribution >= 0.6 is 0 Å². The average molecular weight is 198 g/mol. The molecule has 0 saturated heterocycles. The Hall–Kier alpha value is -1.80. The minimum absolute atomic E-state index is 0.424. The van der Waals surface area contributed by atoms with Crippen molar-refractivity contribution >= 4 is 0 Å². The van der Waals surface area contributed by atoms with Crippen molar-refractivity contribution in [3.63, 3.8) is 0 Å². The first-order chi connectivity index (χ1) is 7.17. The molecular formula is C13H14N2. The maximum Gasteiger partial charge on any atom is 0.0991 e. The molecule has 1 rings (SSSR count). The summed E-state index contributed by atoms with van der Waals surface area (Å²) in [6.45, 7) is 4.27. The summed E-state index contributed by atoms with van der Waals surface area (Å²) in [5.74, 6) is 0.538. The molecule has 0 fully saturated rings. The number of hydrogen-bond acceptors (Lipinski definition) is 2. The fourth-order valence-electron chi connectivity index (χ4n) is 1.58. The molecule has 0 saturated carbocycles. The van der Waals surface area contributed by atoms with Gasteiger partial charge in [-0.3, -0.25) is 0 Å². The highest BCUT2D eigenvalue weighted by Gasteiger charge is 2.05. The van der Waals surface area contributed by atoms with Crippen LogP contribution in [0.15, 0.2) is 18.2 Å². The van der Waals surface area contributed by atoms with Gasteiger partial charge in [-0.2, -0.15) is 10.5 Å². The molecular weight excluding hydrogens is 184 g/mol. The number of nitriles is 2. The molecule has 2 nitrogen and oxygen atoms in total. The first-order valence-corrected chi connectivity index (χ1v) is 5.06. The van der Waals surface area contributed by atoms with Crippen LogP contribution in [0.4, 0.5) is 0 Å². The number of rotatable bonds is 3. The lowest BCUT2D eigenvalue weighted by Gasteiger charge is -2.09. The Morgan fingerprint density at radius 1 is 1.20 bits per heavy atom. The largest absolute Gasteiger partial charge is 0.198 e. The van der Waals surface area contributed by atoms with E-state index in [1.165, 1.54) is 0 Å². The molecule has 0 amide bonds. The molecule has 0 radical (unpaired) electrons. The van der Waals surface area contributed by atoms with Crippen LogP contribution in [-0.4, -0.2) is 0 Å². The van der Waals surface area contributed by atoms with Gasteiger partial charge in [-0.15, -0.1) is 0 Å². The van der Waals surface area contributed by atoms with Gasteiger partial charge in [0.15, 0.2) is 0 Å². The molecule has 0 spiro atoms. The summed E-state index contributed by atoms with van der Waals surface area (Å²) in [6.07, 6.45) is 1.35. The van der Waals surface area contributed by atoms with Crippen molar-refractivity contribution < 1.29 is 0 Å². The van der Waals surface area contributed by atoms with Crippen molar-refractivity contribution in [3.05, 3.63) is 34.9 Å². The SMILES string of the molecule is CC(C)Cc1cc(C#N)ccc1CC#N. The lowest BCUT2D eigenvalue weighted by atomic mass is 9.95. The molecule has 0 aliphatic rings. The molecule has 0 heterocycles. The fraction of sp³-hybridized carbons (Fsp3) is 0.385. The van der Waals surface area contributed by atoms with Gasteiger partial charge < -0.3 is 0 Å². The third-order valence-electron chi connectivity index (χ3n) is 2.23. The van der Waals surface area contributed by atoms with Gasteiger partial charge in [-0.05, 0) is 35.6 Å². The third-order valence-corrected chi connectivity index (χ3v) is 2.23. The zero-order valence-electron chi connectivity index (χ0n) is 9.12. The molecule has 0 aliphatic carbocycles. The second-order valence-electron chi connectivity index (χ2n) is 4.03. The molecule has 1 aromatic rings. The lowest BCUT2D eigenvalue weighted by Crippen LogP contribution is -1.99. The highest BCUT2D eigenvalue weighted by molar-refractivity contribution is 5.39. The summed E-state index contributed by atoms with van der Waals surface area (Å²) in [7, 11) is 0. The van der Waals surface area contributed by atoms with Gasteiger partial charge in [0.1, 0.15) is 0 Å². The van der Waals surface area contributed by atoms with Gasteiger partial charge in [0.25, 0.3) is 0 Å². The van der Waals surface area contributed by atoms with Gasteiger partial charge in [0.05, 0.1) is 24.1 Å². The standard InChI is InChI=1S/C13H14N2/c1-10(2)7-13-8-11(9-15)3-4-12(13)5-6-14/h3-4,8,10H,5,7H2,1-2H3. The van der Waals surface area contributed by atoms with Crippen molar-refractivity contribution in [1.29, 1.82) is 10.5 Å². The Labute approximate surface area is 90.8 Å². The smallest absolute Gasteiger partial charge is 0.0991 e. The normalized spacial score (nSPS) is 9.67. The first-order valence-electron chi connectivity index (χ1n) is 5.06. The van der Waals surface area contributed by atoms with E-state index in [0.29, 0.717) is 17.9 Å². The van der Waals surface area contributed by atoms with Crippen molar-refractivity contribution in [1.82, 2.24) is 0 Å². The molecule has 15 heavy (non-hydrogen) atoms. The Morgan fingerprint density at radius 2 is 1.93 bits per heavy atom. The molecule has 0 atom stereocenters. The van der Waals surface area contributed by atoms with Gasteiger partial charge in [0.2, 0.25) is 0 Å². The topological polar surface area (TPSA) is 47.6 Å². The fourth-order valence-corrected chi connectivity index (χ4v) is 1.58. The first kappa shape index (κ1) is 11.3. The number of benzene rings is 1. The summed E-state index contributed by atoms with van der Waals surface area (Å²) in [6, 6.07) is 9.84. The number of hydrogen-bond donors (Lipinski definition) is 0. The molecule has 0 bridgehead atoms. The summed E-state index contributed by atoms with van der Waals surface area (Å²) < 4.78 is 0. The maximum atomic E-state index is 8.80. The minimum Gasteiger partial charge on any atom is -0.198 e. The Bertz CT molecular complexity index is 419. The number of nitrogens with zero attached hydrogens (tertiary/aromatic N) is 2. The summed E-state index contributed by atoms with van der Waals surface area (Å²) in [5.41, 5.74) is 2.85. The highest BCUT2D eigenvalue weighted by Crippen LogP contribution is 2.16. The molecule has 76 valence electrons. The second-order valence-corrected chi connectivity index (χ2v) is 4.03. The van der Waals surface area contributed by atoms with Crippen molar-refractivity contribution in [3.8, 4) is 12.1 Å². The molecule has 0 unspecified atom stereocenters. The van der Waals surface area contributed by atoms with Crippen LogP contribution in [0.3, 0.4) is 0 Å². The molecule has 0 aliphatic heterocycles. The Morgan fingerprint density at radius 3 is 2.47 bits per heavy atom. The minimum atomic E-state index is 0.424. The van der Waals surface area contributed by atoms with Gasteiger partial charge in [0, 0.05) is 0 Å². The van der Waals surface area contributed by atoms with Crippen LogP contribution in [-0.2, 0) is 12.8 Å². The van der Waals surface area contributed by atoms with Gasteiger partial charge >= 0.3 is 0 Å².